The van der Waals surface area contributed by atoms with Gasteiger partial charge in [0.05, 0.1) is 0 Å². The Hall–Kier alpha value is -0.0800. The lowest BCUT2D eigenvalue weighted by molar-refractivity contribution is 0.299. The van der Waals surface area contributed by atoms with Crippen LogP contribution in [0.4, 0.5) is 0 Å². The molecule has 2 heteroatoms. The van der Waals surface area contributed by atoms with E-state index < -0.39 is 0 Å². The summed E-state index contributed by atoms with van der Waals surface area (Å²) < 4.78 is 0. The van der Waals surface area contributed by atoms with Crippen LogP contribution in [0.1, 0.15) is 33.1 Å². The van der Waals surface area contributed by atoms with Gasteiger partial charge in [-0.3, -0.25) is 0 Å². The number of hydrogen-bond donors (Lipinski definition) is 1. The Kier molecular flexibility index (Phi) is 2.85. The first kappa shape index (κ1) is 10.4. The number of likely N-dealkylation sites (tertiary alicyclic amines) is 1. The van der Waals surface area contributed by atoms with Crippen LogP contribution in [0.2, 0.25) is 0 Å². The highest BCUT2D eigenvalue weighted by molar-refractivity contribution is 4.99. The summed E-state index contributed by atoms with van der Waals surface area (Å²) >= 11 is 0. The molecule has 0 aromatic rings. The van der Waals surface area contributed by atoms with E-state index in [0.29, 0.717) is 5.41 Å². The second-order valence-corrected chi connectivity index (χ2v) is 5.90. The summed E-state index contributed by atoms with van der Waals surface area (Å²) in [5, 5.41) is 3.71. The highest BCUT2D eigenvalue weighted by Gasteiger charge is 2.42. The zero-order valence-corrected chi connectivity index (χ0v) is 9.84. The van der Waals surface area contributed by atoms with Crippen molar-refractivity contribution in [1.29, 1.82) is 0 Å². The number of nitrogens with zero attached hydrogens (tertiary/aromatic N) is 1. The van der Waals surface area contributed by atoms with Crippen LogP contribution in [-0.4, -0.2) is 37.6 Å². The van der Waals surface area contributed by atoms with E-state index >= 15 is 0 Å². The van der Waals surface area contributed by atoms with Crippen molar-refractivity contribution in [2.45, 2.75) is 39.2 Å². The summed E-state index contributed by atoms with van der Waals surface area (Å²) in [7, 11) is 2.25. The fourth-order valence-electron chi connectivity index (χ4n) is 3.23. The van der Waals surface area contributed by atoms with Gasteiger partial charge in [0.15, 0.2) is 0 Å². The molecule has 2 heterocycles. The van der Waals surface area contributed by atoms with Crippen molar-refractivity contribution in [2.75, 3.05) is 26.7 Å². The average molecular weight is 196 g/mol. The Bertz CT molecular complexity index is 202. The van der Waals surface area contributed by atoms with Crippen molar-refractivity contribution in [3.8, 4) is 0 Å². The maximum Gasteiger partial charge on any atom is 0.00759 e. The smallest absolute Gasteiger partial charge is 0.00759 e. The monoisotopic (exact) mass is 196 g/mol. The maximum atomic E-state index is 3.71. The Morgan fingerprint density at radius 3 is 2.86 bits per heavy atom. The van der Waals surface area contributed by atoms with Crippen LogP contribution >= 0.6 is 0 Å². The molecule has 0 bridgehead atoms. The number of rotatable bonds is 2. The molecule has 0 aliphatic carbocycles. The van der Waals surface area contributed by atoms with E-state index in [1.54, 1.807) is 0 Å². The highest BCUT2D eigenvalue weighted by atomic mass is 15.2. The van der Waals surface area contributed by atoms with Gasteiger partial charge >= 0.3 is 0 Å². The minimum absolute atomic E-state index is 0.633. The molecule has 0 aromatic heterocycles. The lowest BCUT2D eigenvalue weighted by Crippen LogP contribution is -2.27. The Balaban J connectivity index is 1.88. The molecule has 1 N–H and O–H groups in total. The normalized spacial score (nSPS) is 39.0. The molecule has 0 saturated carbocycles. The average Bonchev–Trinajstić information content (AvgIpc) is 2.60. The van der Waals surface area contributed by atoms with Crippen LogP contribution in [-0.2, 0) is 0 Å². The minimum Gasteiger partial charge on any atom is -0.313 e. The first-order chi connectivity index (χ1) is 6.60. The lowest BCUT2D eigenvalue weighted by atomic mass is 9.83. The largest absolute Gasteiger partial charge is 0.313 e. The predicted octanol–water partition coefficient (Wildman–Crippen LogP) is 1.72. The van der Waals surface area contributed by atoms with Crippen molar-refractivity contribution >= 4 is 0 Å². The molecule has 0 amide bonds. The zero-order valence-electron chi connectivity index (χ0n) is 9.84. The molecule has 2 nitrogen and oxygen atoms in total. The minimum atomic E-state index is 0.633. The Morgan fingerprint density at radius 1 is 1.50 bits per heavy atom. The molecule has 82 valence electrons. The van der Waals surface area contributed by atoms with Gasteiger partial charge in [0.25, 0.3) is 0 Å². The molecular weight excluding hydrogens is 172 g/mol. The molecule has 2 aliphatic rings. The molecule has 2 aliphatic heterocycles. The molecule has 2 atom stereocenters. The summed E-state index contributed by atoms with van der Waals surface area (Å²) in [4.78, 5) is 2.49. The van der Waals surface area contributed by atoms with Crippen molar-refractivity contribution in [1.82, 2.24) is 10.2 Å². The molecule has 0 radical (unpaired) electrons. The Morgan fingerprint density at radius 2 is 2.29 bits per heavy atom. The van der Waals surface area contributed by atoms with Crippen LogP contribution in [0.3, 0.4) is 0 Å². The molecule has 2 rings (SSSR count). The van der Waals surface area contributed by atoms with Gasteiger partial charge in [-0.25, -0.2) is 0 Å². The van der Waals surface area contributed by atoms with E-state index in [-0.39, 0.29) is 0 Å². The highest BCUT2D eigenvalue weighted by Crippen LogP contribution is 2.38. The summed E-state index contributed by atoms with van der Waals surface area (Å²) in [6.45, 7) is 8.53. The zero-order chi connectivity index (χ0) is 10.2. The molecule has 2 unspecified atom stereocenters. The third-order valence-corrected chi connectivity index (χ3v) is 3.83. The third kappa shape index (κ3) is 2.12. The van der Waals surface area contributed by atoms with E-state index in [1.807, 2.05) is 0 Å². The van der Waals surface area contributed by atoms with Crippen LogP contribution in [0.25, 0.3) is 0 Å². The number of hydrogen-bond acceptors (Lipinski definition) is 2. The predicted molar refractivity (Wildman–Crippen MR) is 60.4 cm³/mol. The summed E-state index contributed by atoms with van der Waals surface area (Å²) in [6.07, 6.45) is 4.17. The van der Waals surface area contributed by atoms with Gasteiger partial charge in [-0.2, -0.15) is 0 Å². The second kappa shape index (κ2) is 3.82. The summed E-state index contributed by atoms with van der Waals surface area (Å²) in [6, 6.07) is 0.793. The lowest BCUT2D eigenvalue weighted by Gasteiger charge is -2.22. The van der Waals surface area contributed by atoms with Crippen LogP contribution in [0, 0.1) is 11.3 Å². The summed E-state index contributed by atoms with van der Waals surface area (Å²) in [5.74, 6) is 0.835. The third-order valence-electron chi connectivity index (χ3n) is 3.83. The molecular formula is C12H24N2. The Labute approximate surface area is 88.1 Å². The number of nitrogens with one attached hydrogen (secondary N) is 1. The summed E-state index contributed by atoms with van der Waals surface area (Å²) in [5.41, 5.74) is 0.633. The topological polar surface area (TPSA) is 15.3 Å². The fraction of sp³-hybridized carbons (Fsp3) is 1.00. The molecule has 2 fully saturated rings. The molecule has 0 aromatic carbocycles. The van der Waals surface area contributed by atoms with E-state index in [2.05, 4.69) is 31.1 Å². The first-order valence-corrected chi connectivity index (χ1v) is 6.02. The fourth-order valence-corrected chi connectivity index (χ4v) is 3.23. The molecule has 2 saturated heterocycles. The van der Waals surface area contributed by atoms with Gasteiger partial charge in [0, 0.05) is 19.1 Å². The van der Waals surface area contributed by atoms with Gasteiger partial charge < -0.3 is 10.2 Å². The van der Waals surface area contributed by atoms with E-state index in [1.165, 1.54) is 38.9 Å². The first-order valence-electron chi connectivity index (χ1n) is 6.02. The van der Waals surface area contributed by atoms with Gasteiger partial charge in [0.1, 0.15) is 0 Å². The van der Waals surface area contributed by atoms with Crippen molar-refractivity contribution in [3.63, 3.8) is 0 Å². The second-order valence-electron chi connectivity index (χ2n) is 5.90. The molecule has 1 spiro atoms. The van der Waals surface area contributed by atoms with Crippen molar-refractivity contribution in [2.24, 2.45) is 11.3 Å². The van der Waals surface area contributed by atoms with E-state index in [9.17, 15) is 0 Å². The maximum absolute atomic E-state index is 3.71. The van der Waals surface area contributed by atoms with Gasteiger partial charge in [0.2, 0.25) is 0 Å². The van der Waals surface area contributed by atoms with Gasteiger partial charge in [-0.15, -0.1) is 0 Å². The van der Waals surface area contributed by atoms with Crippen LogP contribution in [0.15, 0.2) is 0 Å². The standard InChI is InChI=1S/C12H24N2/c1-10(2)6-11-7-12(8-13-11)4-5-14(3)9-12/h10-11,13H,4-9H2,1-3H3. The van der Waals surface area contributed by atoms with Crippen molar-refractivity contribution < 1.29 is 0 Å². The molecule has 14 heavy (non-hydrogen) atoms. The van der Waals surface area contributed by atoms with E-state index in [4.69, 9.17) is 0 Å². The van der Waals surface area contributed by atoms with Crippen LogP contribution in [0.5, 0.6) is 0 Å². The van der Waals surface area contributed by atoms with Crippen LogP contribution < -0.4 is 5.32 Å². The SMILES string of the molecule is CC(C)CC1CC2(CCN(C)C2)CN1. The van der Waals surface area contributed by atoms with Crippen molar-refractivity contribution in [3.05, 3.63) is 0 Å². The quantitative estimate of drug-likeness (QED) is 0.723. The van der Waals surface area contributed by atoms with Gasteiger partial charge in [-0.05, 0) is 44.2 Å². The van der Waals surface area contributed by atoms with E-state index in [0.717, 1.165) is 12.0 Å². The van der Waals surface area contributed by atoms with Gasteiger partial charge in [-0.1, -0.05) is 13.8 Å².